The second kappa shape index (κ2) is 3.55. The molecule has 82 valence electrons. The predicted octanol–water partition coefficient (Wildman–Crippen LogP) is 1.34. The number of carbonyl (C=O) groups excluding carboxylic acids is 1. The number of amides is 1. The third-order valence-corrected chi connectivity index (χ3v) is 3.14. The van der Waals surface area contributed by atoms with Crippen molar-refractivity contribution in [3.05, 3.63) is 28.9 Å². The van der Waals surface area contributed by atoms with Crippen molar-refractivity contribution in [2.45, 2.75) is 6.42 Å². The average molecular weight is 281 g/mol. The lowest BCUT2D eigenvalue weighted by Crippen LogP contribution is -2.42. The summed E-state index contributed by atoms with van der Waals surface area (Å²) < 4.78 is 2.45. The fourth-order valence-corrected chi connectivity index (χ4v) is 2.01. The summed E-state index contributed by atoms with van der Waals surface area (Å²) >= 11 is 3.28. The molecule has 1 aliphatic heterocycles. The molecule has 2 aromatic rings. The second-order valence-electron chi connectivity index (χ2n) is 3.73. The van der Waals surface area contributed by atoms with Gasteiger partial charge in [0.15, 0.2) is 5.65 Å². The molecule has 3 rings (SSSR count). The minimum atomic E-state index is 0.0388. The maximum Gasteiger partial charge on any atom is 0.272 e. The molecule has 0 unspecified atom stereocenters. The molecule has 0 aliphatic carbocycles. The summed E-state index contributed by atoms with van der Waals surface area (Å²) in [6, 6.07) is 0. The largest absolute Gasteiger partial charge is 0.337 e. The monoisotopic (exact) mass is 280 g/mol. The van der Waals surface area contributed by atoms with Crippen molar-refractivity contribution in [2.75, 3.05) is 13.1 Å². The molecule has 2 aromatic heterocycles. The number of nitrogens with zero attached hydrogens (tertiary/aromatic N) is 4. The Morgan fingerprint density at radius 2 is 2.12 bits per heavy atom. The molecule has 3 heterocycles. The number of carbonyl (C=O) groups is 1. The van der Waals surface area contributed by atoms with E-state index in [1.807, 2.05) is 4.90 Å². The highest BCUT2D eigenvalue weighted by Crippen LogP contribution is 2.15. The van der Waals surface area contributed by atoms with Crippen LogP contribution in [0.25, 0.3) is 5.65 Å². The Bertz CT molecular complexity index is 561. The molecule has 1 amide bonds. The van der Waals surface area contributed by atoms with E-state index in [4.69, 9.17) is 0 Å². The van der Waals surface area contributed by atoms with Gasteiger partial charge in [0.25, 0.3) is 5.91 Å². The molecular weight excluding hydrogens is 272 g/mol. The summed E-state index contributed by atoms with van der Waals surface area (Å²) in [6.07, 6.45) is 6.09. The molecule has 0 spiro atoms. The zero-order valence-electron chi connectivity index (χ0n) is 8.43. The van der Waals surface area contributed by atoms with Crippen LogP contribution in [-0.4, -0.2) is 38.3 Å². The van der Waals surface area contributed by atoms with E-state index in [0.717, 1.165) is 19.5 Å². The summed E-state index contributed by atoms with van der Waals surface area (Å²) in [5.41, 5.74) is 1.28. The fraction of sp³-hybridized carbons (Fsp3) is 0.300. The number of rotatable bonds is 1. The van der Waals surface area contributed by atoms with E-state index in [2.05, 4.69) is 25.9 Å². The standard InChI is InChI=1S/C10H9BrN4O/c11-8-6-15-7(4-13-9(15)5-12-8)10(16)14-2-1-3-14/h4-6H,1-3H2. The van der Waals surface area contributed by atoms with Gasteiger partial charge in [-0.15, -0.1) is 0 Å². The lowest BCUT2D eigenvalue weighted by atomic mass is 10.2. The smallest absolute Gasteiger partial charge is 0.272 e. The molecule has 0 N–H and O–H groups in total. The Balaban J connectivity index is 2.08. The lowest BCUT2D eigenvalue weighted by Gasteiger charge is -2.30. The Morgan fingerprint density at radius 1 is 1.31 bits per heavy atom. The van der Waals surface area contributed by atoms with Crippen LogP contribution in [0.4, 0.5) is 0 Å². The van der Waals surface area contributed by atoms with E-state index in [1.165, 1.54) is 0 Å². The number of likely N-dealkylation sites (tertiary alicyclic amines) is 1. The number of aromatic nitrogens is 3. The molecule has 1 aliphatic rings. The van der Waals surface area contributed by atoms with Crippen LogP contribution in [-0.2, 0) is 0 Å². The molecule has 0 bridgehead atoms. The maximum absolute atomic E-state index is 12.0. The van der Waals surface area contributed by atoms with E-state index in [0.29, 0.717) is 15.9 Å². The van der Waals surface area contributed by atoms with E-state index in [9.17, 15) is 4.79 Å². The van der Waals surface area contributed by atoms with Gasteiger partial charge in [-0.25, -0.2) is 9.97 Å². The third-order valence-electron chi connectivity index (χ3n) is 2.73. The van der Waals surface area contributed by atoms with Crippen molar-refractivity contribution >= 4 is 27.5 Å². The van der Waals surface area contributed by atoms with Gasteiger partial charge in [-0.1, -0.05) is 0 Å². The highest BCUT2D eigenvalue weighted by atomic mass is 79.9. The minimum Gasteiger partial charge on any atom is -0.337 e. The van der Waals surface area contributed by atoms with Gasteiger partial charge in [-0.05, 0) is 22.4 Å². The van der Waals surface area contributed by atoms with E-state index >= 15 is 0 Å². The van der Waals surface area contributed by atoms with Crippen molar-refractivity contribution in [3.8, 4) is 0 Å². The molecule has 5 nitrogen and oxygen atoms in total. The molecule has 1 saturated heterocycles. The van der Waals surface area contributed by atoms with Crippen molar-refractivity contribution in [1.82, 2.24) is 19.3 Å². The Hall–Kier alpha value is -1.43. The molecule has 0 saturated carbocycles. The first-order valence-electron chi connectivity index (χ1n) is 5.03. The molecule has 0 aromatic carbocycles. The number of fused-ring (bicyclic) bond motifs is 1. The van der Waals surface area contributed by atoms with Gasteiger partial charge in [0.05, 0.1) is 12.4 Å². The minimum absolute atomic E-state index is 0.0388. The van der Waals surface area contributed by atoms with E-state index in [1.54, 1.807) is 23.0 Å². The van der Waals surface area contributed by atoms with Gasteiger partial charge >= 0.3 is 0 Å². The summed E-state index contributed by atoms with van der Waals surface area (Å²) in [5, 5.41) is 0. The summed E-state index contributed by atoms with van der Waals surface area (Å²) in [7, 11) is 0. The number of hydrogen-bond donors (Lipinski definition) is 0. The van der Waals surface area contributed by atoms with Crippen molar-refractivity contribution in [1.29, 1.82) is 0 Å². The number of hydrogen-bond acceptors (Lipinski definition) is 3. The van der Waals surface area contributed by atoms with Crippen LogP contribution in [0.3, 0.4) is 0 Å². The van der Waals surface area contributed by atoms with Crippen molar-refractivity contribution in [3.63, 3.8) is 0 Å². The Morgan fingerprint density at radius 3 is 2.81 bits per heavy atom. The maximum atomic E-state index is 12.0. The summed E-state index contributed by atoms with van der Waals surface area (Å²) in [5.74, 6) is 0.0388. The quantitative estimate of drug-likeness (QED) is 0.792. The normalized spacial score (nSPS) is 15.2. The number of imidazole rings is 1. The molecule has 6 heteroatoms. The average Bonchev–Trinajstić information content (AvgIpc) is 2.57. The Labute approximate surface area is 100 Å². The highest BCUT2D eigenvalue weighted by Gasteiger charge is 2.24. The summed E-state index contributed by atoms with van der Waals surface area (Å²) in [6.45, 7) is 1.69. The van der Waals surface area contributed by atoms with Crippen LogP contribution in [0.2, 0.25) is 0 Å². The first-order valence-corrected chi connectivity index (χ1v) is 5.83. The fourth-order valence-electron chi connectivity index (χ4n) is 1.71. The van der Waals surface area contributed by atoms with Gasteiger partial charge in [0, 0.05) is 19.3 Å². The van der Waals surface area contributed by atoms with Crippen LogP contribution >= 0.6 is 15.9 Å². The van der Waals surface area contributed by atoms with Gasteiger partial charge < -0.3 is 4.90 Å². The van der Waals surface area contributed by atoms with Crippen LogP contribution in [0.15, 0.2) is 23.2 Å². The topological polar surface area (TPSA) is 50.5 Å². The zero-order chi connectivity index (χ0) is 11.1. The highest BCUT2D eigenvalue weighted by molar-refractivity contribution is 9.10. The van der Waals surface area contributed by atoms with Gasteiger partial charge in [0.1, 0.15) is 10.3 Å². The molecule has 1 fully saturated rings. The van der Waals surface area contributed by atoms with Crippen LogP contribution < -0.4 is 0 Å². The SMILES string of the molecule is O=C(c1cnc2cnc(Br)cn12)N1CCC1. The zero-order valence-corrected chi connectivity index (χ0v) is 10.0. The molecule has 16 heavy (non-hydrogen) atoms. The van der Waals surface area contributed by atoms with Crippen molar-refractivity contribution in [2.24, 2.45) is 0 Å². The van der Waals surface area contributed by atoms with Crippen LogP contribution in [0.1, 0.15) is 16.9 Å². The van der Waals surface area contributed by atoms with Gasteiger partial charge in [0.2, 0.25) is 0 Å². The predicted molar refractivity (Wildman–Crippen MR) is 61.2 cm³/mol. The Kier molecular flexibility index (Phi) is 2.17. The van der Waals surface area contributed by atoms with Crippen LogP contribution in [0.5, 0.6) is 0 Å². The first kappa shape index (κ1) is 9.77. The molecular formula is C10H9BrN4O. The van der Waals surface area contributed by atoms with E-state index in [-0.39, 0.29) is 5.91 Å². The lowest BCUT2D eigenvalue weighted by molar-refractivity contribution is 0.0644. The number of halogens is 1. The molecule has 0 radical (unpaired) electrons. The van der Waals surface area contributed by atoms with E-state index < -0.39 is 0 Å². The van der Waals surface area contributed by atoms with Gasteiger partial charge in [-0.3, -0.25) is 9.20 Å². The summed E-state index contributed by atoms with van der Waals surface area (Å²) in [4.78, 5) is 22.1. The van der Waals surface area contributed by atoms with Crippen molar-refractivity contribution < 1.29 is 4.79 Å². The third kappa shape index (κ3) is 1.41. The second-order valence-corrected chi connectivity index (χ2v) is 4.54. The van der Waals surface area contributed by atoms with Crippen LogP contribution in [0, 0.1) is 0 Å². The molecule has 0 atom stereocenters. The first-order chi connectivity index (χ1) is 7.75. The van der Waals surface area contributed by atoms with Gasteiger partial charge in [-0.2, -0.15) is 0 Å².